The number of esters is 1. The minimum absolute atomic E-state index is 0.0168. The molecule has 1 saturated carbocycles. The fourth-order valence-corrected chi connectivity index (χ4v) is 6.99. The minimum atomic E-state index is -0.591. The van der Waals surface area contributed by atoms with Gasteiger partial charge in [-0.2, -0.15) is 0 Å². The maximum atomic E-state index is 12.8. The SMILES string of the molecule is COC1C(OC(=O)CCCOCCOCCNC(=O)CCN[C@H](C(=O)NCC(=O)NCC(=O)C(C)C)C(C)C)CC[C@]2(CO2)C1C1(C)O[C@@H]1CC=C(C)C. The summed E-state index contributed by atoms with van der Waals surface area (Å²) in [4.78, 5) is 61.3. The van der Waals surface area contributed by atoms with E-state index in [1.807, 2.05) is 13.8 Å². The fraction of sp³-hybridized carbons (Fsp3) is 0.821. The van der Waals surface area contributed by atoms with Crippen molar-refractivity contribution in [1.82, 2.24) is 21.3 Å². The average molecular weight is 767 g/mol. The molecule has 15 heteroatoms. The Hall–Kier alpha value is -2.95. The molecule has 308 valence electrons. The molecule has 2 heterocycles. The van der Waals surface area contributed by atoms with E-state index in [0.717, 1.165) is 12.8 Å². The van der Waals surface area contributed by atoms with E-state index in [9.17, 15) is 24.0 Å². The number of methoxy groups -OCH3 is 1. The zero-order chi connectivity index (χ0) is 39.9. The lowest BCUT2D eigenvalue weighted by molar-refractivity contribution is -0.172. The fourth-order valence-electron chi connectivity index (χ4n) is 6.99. The second-order valence-electron chi connectivity index (χ2n) is 15.6. The van der Waals surface area contributed by atoms with Gasteiger partial charge in [-0.15, -0.1) is 0 Å². The minimum Gasteiger partial charge on any atom is -0.460 e. The molecule has 4 N–H and O–H groups in total. The smallest absolute Gasteiger partial charge is 0.306 e. The van der Waals surface area contributed by atoms with Crippen LogP contribution in [0.15, 0.2) is 11.6 Å². The summed E-state index contributed by atoms with van der Waals surface area (Å²) in [6.45, 7) is 15.9. The van der Waals surface area contributed by atoms with Crippen molar-refractivity contribution >= 4 is 29.5 Å². The molecule has 0 radical (unpaired) electrons. The van der Waals surface area contributed by atoms with Crippen LogP contribution in [0.4, 0.5) is 0 Å². The number of nitrogens with one attached hydrogen (secondary N) is 4. The largest absolute Gasteiger partial charge is 0.460 e. The number of ketones is 1. The summed E-state index contributed by atoms with van der Waals surface area (Å²) < 4.78 is 35.3. The first-order valence-corrected chi connectivity index (χ1v) is 19.5. The highest BCUT2D eigenvalue weighted by Crippen LogP contribution is 2.59. The number of amides is 3. The maximum absolute atomic E-state index is 12.8. The normalized spacial score (nSPS) is 26.3. The third-order valence-electron chi connectivity index (χ3n) is 10.3. The Morgan fingerprint density at radius 1 is 0.889 bits per heavy atom. The summed E-state index contributed by atoms with van der Waals surface area (Å²) in [6.07, 6.45) is 4.87. The quantitative estimate of drug-likeness (QED) is 0.0434. The molecule has 2 aliphatic heterocycles. The highest BCUT2D eigenvalue weighted by molar-refractivity contribution is 5.90. The predicted molar refractivity (Wildman–Crippen MR) is 200 cm³/mol. The number of allylic oxidation sites excluding steroid dienone is 1. The lowest BCUT2D eigenvalue weighted by Crippen LogP contribution is -2.55. The van der Waals surface area contributed by atoms with Gasteiger partial charge in [-0.05, 0) is 52.4 Å². The number of carbonyl (C=O) groups excluding carboxylic acids is 5. The molecule has 0 bridgehead atoms. The molecule has 3 amide bonds. The first kappa shape index (κ1) is 45.4. The van der Waals surface area contributed by atoms with Crippen molar-refractivity contribution in [3.63, 3.8) is 0 Å². The van der Waals surface area contributed by atoms with E-state index in [4.69, 9.17) is 28.4 Å². The van der Waals surface area contributed by atoms with Crippen LogP contribution >= 0.6 is 0 Å². The van der Waals surface area contributed by atoms with Crippen LogP contribution in [0.25, 0.3) is 0 Å². The number of epoxide rings is 2. The van der Waals surface area contributed by atoms with Crippen molar-refractivity contribution in [2.75, 3.05) is 66.3 Å². The van der Waals surface area contributed by atoms with E-state index in [1.54, 1.807) is 21.0 Å². The van der Waals surface area contributed by atoms with Gasteiger partial charge in [-0.3, -0.25) is 24.0 Å². The Bertz CT molecular complexity index is 1280. The molecule has 7 atom stereocenters. The number of hydrogen-bond donors (Lipinski definition) is 4. The van der Waals surface area contributed by atoms with Crippen LogP contribution in [0.5, 0.6) is 0 Å². The third kappa shape index (κ3) is 14.3. The molecule has 1 aliphatic carbocycles. The number of ether oxygens (including phenoxy) is 6. The monoisotopic (exact) mass is 766 g/mol. The van der Waals surface area contributed by atoms with Crippen molar-refractivity contribution in [1.29, 1.82) is 0 Å². The summed E-state index contributed by atoms with van der Waals surface area (Å²) in [6, 6.07) is -0.591. The Kier molecular flexibility index (Phi) is 18.5. The van der Waals surface area contributed by atoms with Gasteiger partial charge in [0.1, 0.15) is 23.4 Å². The number of hydrogen-bond acceptors (Lipinski definition) is 12. The van der Waals surface area contributed by atoms with Crippen molar-refractivity contribution in [2.45, 2.75) is 123 Å². The molecule has 0 aromatic rings. The molecule has 2 saturated heterocycles. The summed E-state index contributed by atoms with van der Waals surface area (Å²) in [5.41, 5.74) is 0.607. The maximum Gasteiger partial charge on any atom is 0.306 e. The molecule has 3 fully saturated rings. The first-order valence-electron chi connectivity index (χ1n) is 19.5. The highest BCUT2D eigenvalue weighted by Gasteiger charge is 2.72. The lowest BCUT2D eigenvalue weighted by atomic mass is 9.68. The molecule has 4 unspecified atom stereocenters. The van der Waals surface area contributed by atoms with Crippen LogP contribution in [0.1, 0.15) is 87.0 Å². The topological polar surface area (TPSA) is 195 Å². The van der Waals surface area contributed by atoms with E-state index in [1.165, 1.54) is 5.57 Å². The van der Waals surface area contributed by atoms with Gasteiger partial charge in [0.15, 0.2) is 5.78 Å². The van der Waals surface area contributed by atoms with Gasteiger partial charge < -0.3 is 49.7 Å². The summed E-state index contributed by atoms with van der Waals surface area (Å²) in [5.74, 6) is -1.63. The van der Waals surface area contributed by atoms with Crippen LogP contribution in [0.3, 0.4) is 0 Å². The molecule has 54 heavy (non-hydrogen) atoms. The van der Waals surface area contributed by atoms with Crippen molar-refractivity contribution in [3.8, 4) is 0 Å². The van der Waals surface area contributed by atoms with E-state index in [-0.39, 0.29) is 103 Å². The number of Topliss-reactive ketones (excluding diaryl/α,β-unsaturated/α-hetero) is 1. The van der Waals surface area contributed by atoms with Crippen molar-refractivity contribution < 1.29 is 52.4 Å². The van der Waals surface area contributed by atoms with Gasteiger partial charge in [0.2, 0.25) is 17.7 Å². The van der Waals surface area contributed by atoms with E-state index >= 15 is 0 Å². The predicted octanol–water partition coefficient (Wildman–Crippen LogP) is 2.00. The Balaban J connectivity index is 1.21. The van der Waals surface area contributed by atoms with Gasteiger partial charge in [-0.1, -0.05) is 39.3 Å². The standard InChI is InChI=1S/C39H66N4O11/c1-25(2)11-12-30-38(7,54-30)36-35(49-8)29(13-15-39(36)24-52-39)53-33(47)10-9-18-50-20-21-51-19-17-40-31(45)14-16-41-34(27(5)6)37(48)43-23-32(46)42-22-28(44)26(3)4/h11,26-27,29-30,34-36,41H,9-10,12-24H2,1-8H3,(H,40,45)(H,42,46)(H,43,48)/t29?,30-,34+,35?,36?,38?,39+/m1/s1. The van der Waals surface area contributed by atoms with Crippen LogP contribution in [-0.2, 0) is 52.4 Å². The molecule has 3 aliphatic rings. The zero-order valence-corrected chi connectivity index (χ0v) is 33.7. The molecule has 0 aromatic carbocycles. The summed E-state index contributed by atoms with van der Waals surface area (Å²) in [7, 11) is 1.67. The van der Waals surface area contributed by atoms with Crippen LogP contribution in [0.2, 0.25) is 0 Å². The van der Waals surface area contributed by atoms with Gasteiger partial charge in [0.25, 0.3) is 0 Å². The van der Waals surface area contributed by atoms with Crippen LogP contribution in [-0.4, -0.2) is 131 Å². The zero-order valence-electron chi connectivity index (χ0n) is 33.7. The Labute approximate surface area is 321 Å². The summed E-state index contributed by atoms with van der Waals surface area (Å²) >= 11 is 0. The molecular formula is C39H66N4O11. The van der Waals surface area contributed by atoms with E-state index < -0.39 is 11.9 Å². The molecule has 0 aromatic heterocycles. The van der Waals surface area contributed by atoms with Crippen LogP contribution < -0.4 is 21.3 Å². The average Bonchev–Trinajstić information content (AvgIpc) is 4.04. The Morgan fingerprint density at radius 2 is 1.59 bits per heavy atom. The second kappa shape index (κ2) is 22.0. The first-order chi connectivity index (χ1) is 25.6. The van der Waals surface area contributed by atoms with Gasteiger partial charge >= 0.3 is 5.97 Å². The molecule has 15 nitrogen and oxygen atoms in total. The number of rotatable bonds is 26. The van der Waals surface area contributed by atoms with E-state index in [2.05, 4.69) is 48.1 Å². The Morgan fingerprint density at radius 3 is 2.22 bits per heavy atom. The molecular weight excluding hydrogens is 700 g/mol. The van der Waals surface area contributed by atoms with Crippen molar-refractivity contribution in [2.24, 2.45) is 17.8 Å². The summed E-state index contributed by atoms with van der Waals surface area (Å²) in [5, 5.41) is 10.9. The molecule has 1 spiro atoms. The van der Waals surface area contributed by atoms with E-state index in [0.29, 0.717) is 52.4 Å². The second-order valence-corrected chi connectivity index (χ2v) is 15.6. The van der Waals surface area contributed by atoms with Gasteiger partial charge in [-0.25, -0.2) is 0 Å². The lowest BCUT2D eigenvalue weighted by Gasteiger charge is -2.42. The van der Waals surface area contributed by atoms with Gasteiger partial charge in [0.05, 0.1) is 57.6 Å². The van der Waals surface area contributed by atoms with Crippen molar-refractivity contribution in [3.05, 3.63) is 11.6 Å². The molecule has 3 rings (SSSR count). The van der Waals surface area contributed by atoms with Crippen LogP contribution in [0, 0.1) is 17.8 Å². The third-order valence-corrected chi connectivity index (χ3v) is 10.3. The van der Waals surface area contributed by atoms with Gasteiger partial charge in [0, 0.05) is 45.6 Å². The number of carbonyl (C=O) groups is 5. The highest BCUT2D eigenvalue weighted by atomic mass is 16.6.